The molecule has 0 aliphatic carbocycles. The van der Waals surface area contributed by atoms with E-state index in [1.165, 1.54) is 12.1 Å². The van der Waals surface area contributed by atoms with Crippen LogP contribution in [0.4, 0.5) is 9.18 Å². The Morgan fingerprint density at radius 1 is 1.35 bits per heavy atom. The third kappa shape index (κ3) is 5.62. The predicted octanol–water partition coefficient (Wildman–Crippen LogP) is 6.05. The van der Waals surface area contributed by atoms with Crippen LogP contribution in [0.1, 0.15) is 56.5 Å². The molecule has 2 atom stereocenters. The molecular formula is C23H26ClFINO4. The average Bonchev–Trinajstić information content (AvgIpc) is 2.65. The Morgan fingerprint density at radius 3 is 2.71 bits per heavy atom. The number of carbonyl (C=O) groups is 1. The van der Waals surface area contributed by atoms with Crippen molar-refractivity contribution in [3.05, 3.63) is 61.4 Å². The van der Waals surface area contributed by atoms with Crippen LogP contribution >= 0.6 is 34.2 Å². The Bertz CT molecular complexity index is 979. The maximum absolute atomic E-state index is 14.1. The molecular weight excluding hydrogens is 536 g/mol. The van der Waals surface area contributed by atoms with Gasteiger partial charge in [0.05, 0.1) is 9.61 Å². The number of aliphatic hydroxyl groups is 1. The number of carbonyl (C=O) groups excluding carboxylic acids is 1. The van der Waals surface area contributed by atoms with Gasteiger partial charge in [-0.1, -0.05) is 23.7 Å². The van der Waals surface area contributed by atoms with Crippen molar-refractivity contribution in [3.63, 3.8) is 0 Å². The highest BCUT2D eigenvalue weighted by molar-refractivity contribution is 14.1. The SMILES string of the molecule is CC1c2c(ccc(OC[C@@H](O)c3ccc(Cl)cc3F)c2I)CCN1C(=O)OC(C)(C)C. The summed E-state index contributed by atoms with van der Waals surface area (Å²) >= 11 is 7.97. The Morgan fingerprint density at radius 2 is 2.06 bits per heavy atom. The third-order valence-electron chi connectivity index (χ3n) is 5.09. The molecule has 0 bridgehead atoms. The van der Waals surface area contributed by atoms with Crippen molar-refractivity contribution in [2.75, 3.05) is 13.2 Å². The van der Waals surface area contributed by atoms with E-state index >= 15 is 0 Å². The predicted molar refractivity (Wildman–Crippen MR) is 126 cm³/mol. The van der Waals surface area contributed by atoms with E-state index < -0.39 is 17.5 Å². The molecule has 1 heterocycles. The first kappa shape index (κ1) is 24.1. The molecule has 0 saturated carbocycles. The number of rotatable bonds is 4. The van der Waals surface area contributed by atoms with E-state index in [0.29, 0.717) is 18.7 Å². The molecule has 1 amide bonds. The summed E-state index contributed by atoms with van der Waals surface area (Å²) in [6, 6.07) is 7.78. The van der Waals surface area contributed by atoms with Gasteiger partial charge < -0.3 is 19.5 Å². The molecule has 0 fully saturated rings. The van der Waals surface area contributed by atoms with Crippen molar-refractivity contribution in [3.8, 4) is 5.75 Å². The second kappa shape index (κ2) is 9.50. The molecule has 2 aromatic rings. The maximum atomic E-state index is 14.1. The molecule has 1 aliphatic heterocycles. The summed E-state index contributed by atoms with van der Waals surface area (Å²) in [5.41, 5.74) is 1.71. The first-order valence-electron chi connectivity index (χ1n) is 10.0. The van der Waals surface area contributed by atoms with Gasteiger partial charge in [-0.3, -0.25) is 0 Å². The number of hydrogen-bond acceptors (Lipinski definition) is 4. The summed E-state index contributed by atoms with van der Waals surface area (Å²) in [5.74, 6) is -0.00368. The van der Waals surface area contributed by atoms with Crippen LogP contribution in [0.15, 0.2) is 30.3 Å². The van der Waals surface area contributed by atoms with Crippen LogP contribution in [0.25, 0.3) is 0 Å². The minimum atomic E-state index is -1.14. The van der Waals surface area contributed by atoms with Crippen molar-refractivity contribution < 1.29 is 23.8 Å². The van der Waals surface area contributed by atoms with Crippen LogP contribution in [0.2, 0.25) is 5.02 Å². The van der Waals surface area contributed by atoms with E-state index in [9.17, 15) is 14.3 Å². The van der Waals surface area contributed by atoms with E-state index in [-0.39, 0.29) is 29.3 Å². The first-order valence-corrected chi connectivity index (χ1v) is 11.5. The van der Waals surface area contributed by atoms with Crippen molar-refractivity contribution in [2.24, 2.45) is 0 Å². The molecule has 2 aromatic carbocycles. The van der Waals surface area contributed by atoms with E-state index in [0.717, 1.165) is 20.8 Å². The van der Waals surface area contributed by atoms with Gasteiger partial charge in [-0.25, -0.2) is 9.18 Å². The zero-order valence-electron chi connectivity index (χ0n) is 17.9. The van der Waals surface area contributed by atoms with Crippen LogP contribution in [-0.2, 0) is 11.2 Å². The number of fused-ring (bicyclic) bond motifs is 1. The molecule has 8 heteroatoms. The van der Waals surface area contributed by atoms with Crippen LogP contribution in [0, 0.1) is 9.39 Å². The quantitative estimate of drug-likeness (QED) is 0.462. The molecule has 31 heavy (non-hydrogen) atoms. The molecule has 0 radical (unpaired) electrons. The summed E-state index contributed by atoms with van der Waals surface area (Å²) in [6.45, 7) is 7.96. The molecule has 5 nitrogen and oxygen atoms in total. The van der Waals surface area contributed by atoms with Crippen LogP contribution in [0.3, 0.4) is 0 Å². The fourth-order valence-electron chi connectivity index (χ4n) is 3.58. The molecule has 1 aliphatic rings. The largest absolute Gasteiger partial charge is 0.489 e. The van der Waals surface area contributed by atoms with Gasteiger partial charge >= 0.3 is 6.09 Å². The number of hydrogen-bond donors (Lipinski definition) is 1. The number of ether oxygens (including phenoxy) is 2. The minimum Gasteiger partial charge on any atom is -0.489 e. The van der Waals surface area contributed by atoms with Crippen molar-refractivity contribution in [1.29, 1.82) is 0 Å². The molecule has 0 aromatic heterocycles. The lowest BCUT2D eigenvalue weighted by Crippen LogP contribution is -2.42. The van der Waals surface area contributed by atoms with Crippen LogP contribution < -0.4 is 4.74 Å². The van der Waals surface area contributed by atoms with Gasteiger partial charge in [0, 0.05) is 17.1 Å². The number of nitrogens with zero attached hydrogens (tertiary/aromatic N) is 1. The molecule has 0 spiro atoms. The molecule has 1 unspecified atom stereocenters. The van der Waals surface area contributed by atoms with Gasteiger partial charge in [0.15, 0.2) is 0 Å². The first-order chi connectivity index (χ1) is 14.5. The van der Waals surface area contributed by atoms with Crippen LogP contribution in [-0.4, -0.2) is 34.9 Å². The second-order valence-electron chi connectivity index (χ2n) is 8.54. The highest BCUT2D eigenvalue weighted by atomic mass is 127. The van der Waals surface area contributed by atoms with E-state index in [2.05, 4.69) is 22.6 Å². The van der Waals surface area contributed by atoms with Gasteiger partial charge in [-0.2, -0.15) is 0 Å². The third-order valence-corrected chi connectivity index (χ3v) is 6.44. The Kier molecular flexibility index (Phi) is 7.38. The highest BCUT2D eigenvalue weighted by Crippen LogP contribution is 2.38. The Labute approximate surface area is 200 Å². The van der Waals surface area contributed by atoms with E-state index in [1.807, 2.05) is 39.8 Å². The van der Waals surface area contributed by atoms with E-state index in [1.54, 1.807) is 4.90 Å². The maximum Gasteiger partial charge on any atom is 0.410 e. The standard InChI is InChI=1S/C23H26ClFINO4/c1-13-20-14(9-10-27(13)22(29)31-23(2,3)4)5-8-19(21(20)26)30-12-18(28)16-7-6-15(24)11-17(16)25/h5-8,11,13,18,28H,9-10,12H2,1-4H3/t13?,18-/m1/s1. The lowest BCUT2D eigenvalue weighted by molar-refractivity contribution is 0.0158. The Hall–Kier alpha value is -1.58. The minimum absolute atomic E-state index is 0.114. The lowest BCUT2D eigenvalue weighted by atomic mass is 9.93. The summed E-state index contributed by atoms with van der Waals surface area (Å²) in [5, 5.41) is 10.6. The topological polar surface area (TPSA) is 59.0 Å². The van der Waals surface area contributed by atoms with E-state index in [4.69, 9.17) is 21.1 Å². The summed E-state index contributed by atoms with van der Waals surface area (Å²) in [4.78, 5) is 14.4. The number of amides is 1. The summed E-state index contributed by atoms with van der Waals surface area (Å²) in [6.07, 6.45) is -0.769. The smallest absolute Gasteiger partial charge is 0.410 e. The highest BCUT2D eigenvalue weighted by Gasteiger charge is 2.33. The van der Waals surface area contributed by atoms with Gasteiger partial charge in [0.2, 0.25) is 0 Å². The molecule has 168 valence electrons. The summed E-state index contributed by atoms with van der Waals surface area (Å²) in [7, 11) is 0. The molecule has 1 N–H and O–H groups in total. The van der Waals surface area contributed by atoms with Crippen molar-refractivity contribution >= 4 is 40.3 Å². The van der Waals surface area contributed by atoms with Gasteiger partial charge in [0.25, 0.3) is 0 Å². The van der Waals surface area contributed by atoms with Gasteiger partial charge in [-0.05, 0) is 86.0 Å². The van der Waals surface area contributed by atoms with Crippen molar-refractivity contribution in [1.82, 2.24) is 4.90 Å². The normalized spacial score (nSPS) is 17.2. The lowest BCUT2D eigenvalue weighted by Gasteiger charge is -2.37. The fourth-order valence-corrected chi connectivity index (χ4v) is 4.88. The number of halogens is 3. The zero-order valence-corrected chi connectivity index (χ0v) is 20.8. The average molecular weight is 562 g/mol. The van der Waals surface area contributed by atoms with Gasteiger partial charge in [0.1, 0.15) is 29.9 Å². The summed E-state index contributed by atoms with van der Waals surface area (Å²) < 4.78 is 26.3. The monoisotopic (exact) mass is 561 g/mol. The molecule has 0 saturated heterocycles. The zero-order chi connectivity index (χ0) is 22.9. The van der Waals surface area contributed by atoms with Crippen LogP contribution in [0.5, 0.6) is 5.75 Å². The Balaban J connectivity index is 1.77. The van der Waals surface area contributed by atoms with Crippen molar-refractivity contribution in [2.45, 2.75) is 51.9 Å². The second-order valence-corrected chi connectivity index (χ2v) is 10.1. The number of benzene rings is 2. The van der Waals surface area contributed by atoms with Gasteiger partial charge in [-0.15, -0.1) is 0 Å². The fraction of sp³-hybridized carbons (Fsp3) is 0.435. The number of aliphatic hydroxyl groups excluding tert-OH is 1. The molecule has 3 rings (SSSR count).